The van der Waals surface area contributed by atoms with Crippen molar-refractivity contribution in [1.29, 1.82) is 0 Å². The molecule has 0 unspecified atom stereocenters. The lowest BCUT2D eigenvalue weighted by atomic mass is 10.0. The van der Waals surface area contributed by atoms with E-state index in [9.17, 15) is 14.7 Å². The molecule has 0 saturated heterocycles. The molecule has 4 nitrogen and oxygen atoms in total. The molecule has 1 aromatic carbocycles. The quantitative estimate of drug-likeness (QED) is 0.729. The number of carboxylic acids is 1. The number of hydrogen-bond donors (Lipinski definition) is 2. The van der Waals surface area contributed by atoms with Crippen LogP contribution in [0.15, 0.2) is 26.5 Å². The van der Waals surface area contributed by atoms with E-state index in [0.717, 1.165) is 19.4 Å². The van der Waals surface area contributed by atoms with Crippen molar-refractivity contribution in [3.8, 4) is 0 Å². The topological polar surface area (TPSA) is 66.4 Å². The first kappa shape index (κ1) is 16.2. The Balaban J connectivity index is 2.39. The number of thiophene rings is 1. The second-order valence-corrected chi connectivity index (χ2v) is 7.72. The van der Waals surface area contributed by atoms with Crippen LogP contribution in [-0.2, 0) is 0 Å². The SMILES string of the molecule is Cc1cc(C)c(NC(=O)c2cc(Br)c(Br)s2)c(C(=O)O)c1. The van der Waals surface area contributed by atoms with E-state index in [1.165, 1.54) is 11.3 Å². The van der Waals surface area contributed by atoms with Gasteiger partial charge in [0.2, 0.25) is 0 Å². The largest absolute Gasteiger partial charge is 0.478 e. The smallest absolute Gasteiger partial charge is 0.337 e. The monoisotopic (exact) mass is 431 g/mol. The zero-order chi connectivity index (χ0) is 15.7. The highest BCUT2D eigenvalue weighted by Gasteiger charge is 2.18. The highest BCUT2D eigenvalue weighted by molar-refractivity contribution is 9.13. The summed E-state index contributed by atoms with van der Waals surface area (Å²) in [5, 5.41) is 12.0. The van der Waals surface area contributed by atoms with Crippen LogP contribution in [0, 0.1) is 13.8 Å². The van der Waals surface area contributed by atoms with E-state index in [2.05, 4.69) is 37.2 Å². The third kappa shape index (κ3) is 3.53. The molecule has 1 amide bonds. The number of benzene rings is 1. The average molecular weight is 433 g/mol. The summed E-state index contributed by atoms with van der Waals surface area (Å²) in [6.07, 6.45) is 0. The van der Waals surface area contributed by atoms with Gasteiger partial charge in [-0.1, -0.05) is 6.07 Å². The molecule has 0 bridgehead atoms. The van der Waals surface area contributed by atoms with Gasteiger partial charge in [0.25, 0.3) is 5.91 Å². The van der Waals surface area contributed by atoms with E-state index in [0.29, 0.717) is 10.6 Å². The van der Waals surface area contributed by atoms with E-state index in [4.69, 9.17) is 0 Å². The van der Waals surface area contributed by atoms with Crippen LogP contribution in [0.3, 0.4) is 0 Å². The maximum Gasteiger partial charge on any atom is 0.337 e. The molecule has 0 aliphatic rings. The highest BCUT2D eigenvalue weighted by Crippen LogP contribution is 2.33. The van der Waals surface area contributed by atoms with Crippen LogP contribution in [-0.4, -0.2) is 17.0 Å². The fraction of sp³-hybridized carbons (Fsp3) is 0.143. The Morgan fingerprint density at radius 3 is 2.38 bits per heavy atom. The minimum atomic E-state index is -1.06. The fourth-order valence-corrected chi connectivity index (χ4v) is 3.87. The van der Waals surface area contributed by atoms with Crippen LogP contribution in [0.1, 0.15) is 31.2 Å². The van der Waals surface area contributed by atoms with E-state index < -0.39 is 5.97 Å². The third-order valence-corrected chi connectivity index (χ3v) is 6.07. The predicted molar refractivity (Wildman–Crippen MR) is 90.5 cm³/mol. The number of aryl methyl sites for hydroxylation is 2. The average Bonchev–Trinajstić information content (AvgIpc) is 2.72. The van der Waals surface area contributed by atoms with Crippen molar-refractivity contribution in [2.75, 3.05) is 5.32 Å². The molecule has 0 spiro atoms. The van der Waals surface area contributed by atoms with Gasteiger partial charge >= 0.3 is 5.97 Å². The molecule has 2 rings (SSSR count). The standard InChI is InChI=1S/C14H11Br2NO3S/c1-6-3-7(2)11(8(4-6)14(19)20)17-13(18)10-5-9(15)12(16)21-10/h3-5H,1-2H3,(H,17,18)(H,19,20). The first-order valence-corrected chi connectivity index (χ1v) is 8.30. The molecule has 0 fully saturated rings. The van der Waals surface area contributed by atoms with Crippen molar-refractivity contribution in [2.45, 2.75) is 13.8 Å². The number of halogens is 2. The Morgan fingerprint density at radius 1 is 1.19 bits per heavy atom. The van der Waals surface area contributed by atoms with Crippen LogP contribution in [0.25, 0.3) is 0 Å². The molecular weight excluding hydrogens is 422 g/mol. The molecule has 21 heavy (non-hydrogen) atoms. The van der Waals surface area contributed by atoms with Gasteiger partial charge in [0.1, 0.15) is 0 Å². The van der Waals surface area contributed by atoms with Crippen molar-refractivity contribution >= 4 is 60.8 Å². The first-order valence-electron chi connectivity index (χ1n) is 5.90. The van der Waals surface area contributed by atoms with Gasteiger partial charge in [-0.25, -0.2) is 4.79 Å². The number of hydrogen-bond acceptors (Lipinski definition) is 3. The maximum absolute atomic E-state index is 12.3. The molecule has 0 aliphatic heterocycles. The van der Waals surface area contributed by atoms with Gasteiger partial charge < -0.3 is 10.4 Å². The van der Waals surface area contributed by atoms with Crippen LogP contribution >= 0.6 is 43.2 Å². The number of carboxylic acid groups (broad SMARTS) is 1. The lowest BCUT2D eigenvalue weighted by Gasteiger charge is -2.12. The summed E-state index contributed by atoms with van der Waals surface area (Å²) in [7, 11) is 0. The van der Waals surface area contributed by atoms with Crippen molar-refractivity contribution in [3.05, 3.63) is 48.0 Å². The van der Waals surface area contributed by atoms with E-state index in [1.54, 1.807) is 19.1 Å². The number of amides is 1. The van der Waals surface area contributed by atoms with Gasteiger partial charge in [-0.3, -0.25) is 4.79 Å². The van der Waals surface area contributed by atoms with Crippen LogP contribution in [0.4, 0.5) is 5.69 Å². The first-order chi connectivity index (χ1) is 9.79. The van der Waals surface area contributed by atoms with Crippen LogP contribution in [0.5, 0.6) is 0 Å². The van der Waals surface area contributed by atoms with E-state index in [1.807, 2.05) is 13.0 Å². The van der Waals surface area contributed by atoms with Crippen molar-refractivity contribution in [2.24, 2.45) is 0 Å². The Labute approximate surface area is 142 Å². The molecule has 0 aliphatic carbocycles. The molecule has 2 N–H and O–H groups in total. The van der Waals surface area contributed by atoms with Crippen molar-refractivity contribution < 1.29 is 14.7 Å². The molecular formula is C14H11Br2NO3S. The summed E-state index contributed by atoms with van der Waals surface area (Å²) in [6, 6.07) is 5.07. The molecule has 1 aromatic heterocycles. The summed E-state index contributed by atoms with van der Waals surface area (Å²) in [6.45, 7) is 3.59. The van der Waals surface area contributed by atoms with Gasteiger partial charge in [0, 0.05) is 4.47 Å². The lowest BCUT2D eigenvalue weighted by molar-refractivity contribution is 0.0698. The van der Waals surface area contributed by atoms with Gasteiger partial charge in [-0.05, 0) is 69.0 Å². The van der Waals surface area contributed by atoms with Gasteiger partial charge in [-0.15, -0.1) is 11.3 Å². The molecule has 0 saturated carbocycles. The van der Waals surface area contributed by atoms with Crippen molar-refractivity contribution in [1.82, 2.24) is 0 Å². The molecule has 1 heterocycles. The molecule has 2 aromatic rings. The van der Waals surface area contributed by atoms with Gasteiger partial charge in [-0.2, -0.15) is 0 Å². The minimum Gasteiger partial charge on any atom is -0.478 e. The summed E-state index contributed by atoms with van der Waals surface area (Å²) in [5.41, 5.74) is 1.98. The van der Waals surface area contributed by atoms with Gasteiger partial charge in [0.05, 0.1) is 19.9 Å². The predicted octanol–water partition coefficient (Wildman–Crippen LogP) is 4.84. The number of nitrogens with one attached hydrogen (secondary N) is 1. The zero-order valence-corrected chi connectivity index (χ0v) is 15.1. The zero-order valence-electron chi connectivity index (χ0n) is 11.2. The number of carbonyl (C=O) groups excluding carboxylic acids is 1. The minimum absolute atomic E-state index is 0.0931. The maximum atomic E-state index is 12.3. The second-order valence-electron chi connectivity index (χ2n) is 4.50. The number of aromatic carboxylic acids is 1. The Bertz CT molecular complexity index is 721. The van der Waals surface area contributed by atoms with E-state index >= 15 is 0 Å². The molecule has 7 heteroatoms. The summed E-state index contributed by atoms with van der Waals surface area (Å²) in [4.78, 5) is 24.1. The Kier molecular flexibility index (Phi) is 4.85. The van der Waals surface area contributed by atoms with Crippen LogP contribution in [0.2, 0.25) is 0 Å². The third-order valence-electron chi connectivity index (χ3n) is 2.82. The number of rotatable bonds is 3. The normalized spacial score (nSPS) is 10.5. The van der Waals surface area contributed by atoms with E-state index in [-0.39, 0.29) is 11.5 Å². The molecule has 0 radical (unpaired) electrons. The second kappa shape index (κ2) is 6.29. The van der Waals surface area contributed by atoms with Gasteiger partial charge in [0.15, 0.2) is 0 Å². The highest BCUT2D eigenvalue weighted by atomic mass is 79.9. The number of carbonyl (C=O) groups is 2. The lowest BCUT2D eigenvalue weighted by Crippen LogP contribution is -2.15. The molecule has 0 atom stereocenters. The molecule has 110 valence electrons. The van der Waals surface area contributed by atoms with Crippen LogP contribution < -0.4 is 5.32 Å². The Hall–Kier alpha value is -1.18. The van der Waals surface area contributed by atoms with Crippen molar-refractivity contribution in [3.63, 3.8) is 0 Å². The summed E-state index contributed by atoms with van der Waals surface area (Å²) >= 11 is 7.93. The number of anilines is 1. The summed E-state index contributed by atoms with van der Waals surface area (Å²) in [5.74, 6) is -1.40. The fourth-order valence-electron chi connectivity index (χ4n) is 1.94. The Morgan fingerprint density at radius 2 is 1.86 bits per heavy atom. The summed E-state index contributed by atoms with van der Waals surface area (Å²) < 4.78 is 1.60.